The quantitative estimate of drug-likeness (QED) is 0.153. The van der Waals surface area contributed by atoms with Gasteiger partial charge in [0.15, 0.2) is 10.6 Å². The van der Waals surface area contributed by atoms with E-state index in [0.717, 1.165) is 45.3 Å². The number of hydrogen-bond acceptors (Lipinski definition) is 9. The minimum absolute atomic E-state index is 0.00620. The van der Waals surface area contributed by atoms with Gasteiger partial charge in [-0.2, -0.15) is 0 Å². The van der Waals surface area contributed by atoms with Gasteiger partial charge in [-0.1, -0.05) is 72.3 Å². The Balaban J connectivity index is 1.35. The van der Waals surface area contributed by atoms with Gasteiger partial charge in [0, 0.05) is 36.3 Å². The molecule has 0 spiro atoms. The van der Waals surface area contributed by atoms with E-state index in [4.69, 9.17) is 14.6 Å². The van der Waals surface area contributed by atoms with Crippen molar-refractivity contribution in [2.75, 3.05) is 11.1 Å². The van der Waals surface area contributed by atoms with Crippen LogP contribution in [0.1, 0.15) is 79.0 Å². The molecule has 1 aromatic heterocycles. The van der Waals surface area contributed by atoms with E-state index in [-0.39, 0.29) is 31.1 Å². The molecule has 0 bridgehead atoms. The Labute approximate surface area is 242 Å². The molecule has 11 heteroatoms. The standard InChI is InChI=1S/C29H35N3O6S2/c1-19-31-32-29(40-19)39-18-24-16-25(21-10-8-20(17-33)9-11-21)38-28(37-24)22-12-14-23(15-13-22)30-26(34)6-4-2-3-5-7-27(35)36/h8-15,24-25,28,33H,2-7,16-18H2,1H3,(H,30,34)(H,35,36)/t24-,25+,28+/m1/s1. The molecule has 40 heavy (non-hydrogen) atoms. The smallest absolute Gasteiger partial charge is 0.303 e. The zero-order valence-electron chi connectivity index (χ0n) is 22.5. The summed E-state index contributed by atoms with van der Waals surface area (Å²) >= 11 is 3.19. The molecule has 1 saturated heterocycles. The summed E-state index contributed by atoms with van der Waals surface area (Å²) in [6, 6.07) is 15.3. The molecule has 214 valence electrons. The number of amides is 1. The number of unbranched alkanes of at least 4 members (excludes halogenated alkanes) is 3. The van der Waals surface area contributed by atoms with E-state index in [2.05, 4.69) is 15.5 Å². The summed E-state index contributed by atoms with van der Waals surface area (Å²) in [5, 5.41) is 30.3. The zero-order chi connectivity index (χ0) is 28.3. The van der Waals surface area contributed by atoms with Crippen LogP contribution in [0.2, 0.25) is 0 Å². The highest BCUT2D eigenvalue weighted by Crippen LogP contribution is 2.39. The lowest BCUT2D eigenvalue weighted by molar-refractivity contribution is -0.245. The molecule has 1 fully saturated rings. The van der Waals surface area contributed by atoms with Crippen molar-refractivity contribution in [1.82, 2.24) is 10.2 Å². The second-order valence-corrected chi connectivity index (χ2v) is 12.2. The average Bonchev–Trinajstić information content (AvgIpc) is 3.39. The number of thioether (sulfide) groups is 1. The van der Waals surface area contributed by atoms with Crippen LogP contribution >= 0.6 is 23.1 Å². The highest BCUT2D eigenvalue weighted by molar-refractivity contribution is 8.01. The zero-order valence-corrected chi connectivity index (χ0v) is 24.1. The highest BCUT2D eigenvalue weighted by atomic mass is 32.2. The molecule has 0 saturated carbocycles. The SMILES string of the molecule is Cc1nnc(SC[C@H]2C[C@@H](c3ccc(CO)cc3)O[C@@H](c3ccc(NC(=O)CCCCCCC(=O)O)cc3)O2)s1. The Hall–Kier alpha value is -2.83. The van der Waals surface area contributed by atoms with Crippen molar-refractivity contribution >= 4 is 40.7 Å². The first-order valence-electron chi connectivity index (χ1n) is 13.4. The van der Waals surface area contributed by atoms with E-state index in [1.165, 1.54) is 0 Å². The number of carbonyl (C=O) groups excluding carboxylic acids is 1. The van der Waals surface area contributed by atoms with Gasteiger partial charge in [-0.05, 0) is 43.0 Å². The van der Waals surface area contributed by atoms with Gasteiger partial charge >= 0.3 is 5.97 Å². The van der Waals surface area contributed by atoms with E-state index in [0.29, 0.717) is 30.7 Å². The average molecular weight is 586 g/mol. The van der Waals surface area contributed by atoms with Crippen LogP contribution in [0.4, 0.5) is 5.69 Å². The minimum Gasteiger partial charge on any atom is -0.481 e. The number of rotatable bonds is 14. The Kier molecular flexibility index (Phi) is 11.5. The second-order valence-electron chi connectivity index (χ2n) is 9.73. The molecule has 1 amide bonds. The molecule has 2 heterocycles. The summed E-state index contributed by atoms with van der Waals surface area (Å²) in [5.74, 6) is -0.133. The number of aliphatic hydroxyl groups is 1. The van der Waals surface area contributed by atoms with Crippen LogP contribution in [0.25, 0.3) is 0 Å². The van der Waals surface area contributed by atoms with E-state index >= 15 is 0 Å². The fraction of sp³-hybridized carbons (Fsp3) is 0.448. The third-order valence-electron chi connectivity index (χ3n) is 6.53. The van der Waals surface area contributed by atoms with Gasteiger partial charge in [0.2, 0.25) is 5.91 Å². The number of carboxylic acids is 1. The molecule has 4 rings (SSSR count). The molecule has 3 aromatic rings. The van der Waals surface area contributed by atoms with Gasteiger partial charge in [-0.15, -0.1) is 10.2 Å². The summed E-state index contributed by atoms with van der Waals surface area (Å²) < 4.78 is 13.7. The maximum atomic E-state index is 12.3. The summed E-state index contributed by atoms with van der Waals surface area (Å²) in [6.07, 6.45) is 3.43. The number of carbonyl (C=O) groups is 2. The number of aromatic nitrogens is 2. The summed E-state index contributed by atoms with van der Waals surface area (Å²) in [4.78, 5) is 22.9. The topological polar surface area (TPSA) is 131 Å². The third-order valence-corrected chi connectivity index (χ3v) is 8.63. The molecule has 0 unspecified atom stereocenters. The van der Waals surface area contributed by atoms with Crippen LogP contribution in [0.5, 0.6) is 0 Å². The van der Waals surface area contributed by atoms with Crippen molar-refractivity contribution in [1.29, 1.82) is 0 Å². The Morgan fingerprint density at radius 3 is 2.33 bits per heavy atom. The molecule has 0 radical (unpaired) electrons. The Bertz CT molecular complexity index is 1240. The maximum absolute atomic E-state index is 12.3. The molecule has 1 aliphatic heterocycles. The molecule has 3 N–H and O–H groups in total. The fourth-order valence-electron chi connectivity index (χ4n) is 4.39. The van der Waals surface area contributed by atoms with E-state index in [1.54, 1.807) is 23.1 Å². The first-order chi connectivity index (χ1) is 19.4. The molecule has 0 aliphatic carbocycles. The predicted molar refractivity (Wildman–Crippen MR) is 154 cm³/mol. The van der Waals surface area contributed by atoms with Gasteiger partial charge in [-0.25, -0.2) is 0 Å². The Morgan fingerprint density at radius 1 is 0.975 bits per heavy atom. The highest BCUT2D eigenvalue weighted by Gasteiger charge is 2.32. The van der Waals surface area contributed by atoms with Crippen LogP contribution in [0, 0.1) is 6.92 Å². The predicted octanol–water partition coefficient (Wildman–Crippen LogP) is 6.04. The van der Waals surface area contributed by atoms with Crippen molar-refractivity contribution in [2.45, 2.75) is 81.3 Å². The lowest BCUT2D eigenvalue weighted by Gasteiger charge is -2.36. The number of nitrogens with zero attached hydrogens (tertiary/aromatic N) is 2. The fourth-order valence-corrected chi connectivity index (χ4v) is 6.25. The van der Waals surface area contributed by atoms with Crippen molar-refractivity contribution in [3.05, 3.63) is 70.2 Å². The number of carboxylic acid groups (broad SMARTS) is 1. The normalized spacial score (nSPS) is 18.9. The van der Waals surface area contributed by atoms with Gasteiger partial charge in [0.25, 0.3) is 0 Å². The first kappa shape index (κ1) is 30.1. The van der Waals surface area contributed by atoms with Crippen molar-refractivity contribution in [2.24, 2.45) is 0 Å². The third kappa shape index (κ3) is 9.38. The number of benzene rings is 2. The molecular weight excluding hydrogens is 550 g/mol. The first-order valence-corrected chi connectivity index (χ1v) is 15.2. The largest absolute Gasteiger partial charge is 0.481 e. The number of aryl methyl sites for hydroxylation is 1. The second kappa shape index (κ2) is 15.2. The summed E-state index contributed by atoms with van der Waals surface area (Å²) in [6.45, 7) is 1.93. The summed E-state index contributed by atoms with van der Waals surface area (Å²) in [5.41, 5.74) is 3.43. The maximum Gasteiger partial charge on any atom is 0.303 e. The molecule has 3 atom stereocenters. The van der Waals surface area contributed by atoms with Gasteiger partial charge in [0.1, 0.15) is 5.01 Å². The lowest BCUT2D eigenvalue weighted by Crippen LogP contribution is -2.31. The van der Waals surface area contributed by atoms with Crippen LogP contribution in [-0.4, -0.2) is 44.1 Å². The monoisotopic (exact) mass is 585 g/mol. The number of aliphatic hydroxyl groups excluding tert-OH is 1. The number of nitrogens with one attached hydrogen (secondary N) is 1. The van der Waals surface area contributed by atoms with Gasteiger partial charge in [-0.3, -0.25) is 9.59 Å². The van der Waals surface area contributed by atoms with Crippen LogP contribution < -0.4 is 5.32 Å². The number of hydrogen-bond donors (Lipinski definition) is 3. The van der Waals surface area contributed by atoms with Gasteiger partial charge < -0.3 is 25.0 Å². The molecule has 1 aliphatic rings. The number of ether oxygens (including phenoxy) is 2. The minimum atomic E-state index is -0.782. The van der Waals surface area contributed by atoms with E-state index in [9.17, 15) is 14.7 Å². The van der Waals surface area contributed by atoms with Gasteiger partial charge in [0.05, 0.1) is 18.8 Å². The molecule has 2 aromatic carbocycles. The Morgan fingerprint density at radius 2 is 1.68 bits per heavy atom. The van der Waals surface area contributed by atoms with Crippen molar-refractivity contribution in [3.63, 3.8) is 0 Å². The van der Waals surface area contributed by atoms with Crippen LogP contribution in [-0.2, 0) is 25.7 Å². The van der Waals surface area contributed by atoms with Crippen molar-refractivity contribution < 1.29 is 29.3 Å². The van der Waals surface area contributed by atoms with E-state index in [1.807, 2.05) is 55.5 Å². The number of anilines is 1. The van der Waals surface area contributed by atoms with Crippen LogP contribution in [0.3, 0.4) is 0 Å². The molecule has 9 nitrogen and oxygen atoms in total. The van der Waals surface area contributed by atoms with Crippen molar-refractivity contribution in [3.8, 4) is 0 Å². The van der Waals surface area contributed by atoms with Crippen LogP contribution in [0.15, 0.2) is 52.9 Å². The summed E-state index contributed by atoms with van der Waals surface area (Å²) in [7, 11) is 0. The van der Waals surface area contributed by atoms with E-state index < -0.39 is 12.3 Å². The lowest BCUT2D eigenvalue weighted by atomic mass is 10.0. The number of aliphatic carboxylic acids is 1. The molecular formula is C29H35N3O6S2.